The first kappa shape index (κ1) is 21.5. The Balaban J connectivity index is 1.54. The third kappa shape index (κ3) is 5.03. The van der Waals surface area contributed by atoms with Crippen molar-refractivity contribution in [2.24, 2.45) is 0 Å². The highest BCUT2D eigenvalue weighted by atomic mass is 32.2. The monoisotopic (exact) mass is 432 g/mol. The number of nitrogens with one attached hydrogen (secondary N) is 1. The van der Waals surface area contributed by atoms with E-state index in [0.717, 1.165) is 6.42 Å². The molecule has 29 heavy (non-hydrogen) atoms. The van der Waals surface area contributed by atoms with Gasteiger partial charge in [-0.15, -0.1) is 11.3 Å². The number of nitriles is 1. The Labute approximate surface area is 175 Å². The minimum Gasteiger partial charge on any atom is -0.354 e. The van der Waals surface area contributed by atoms with Crippen molar-refractivity contribution in [2.75, 3.05) is 32.7 Å². The molecule has 2 heterocycles. The molecule has 9 heteroatoms. The lowest BCUT2D eigenvalue weighted by Gasteiger charge is -2.36. The molecule has 1 amide bonds. The van der Waals surface area contributed by atoms with Crippen LogP contribution in [-0.2, 0) is 21.2 Å². The van der Waals surface area contributed by atoms with Crippen molar-refractivity contribution in [2.45, 2.75) is 24.3 Å². The number of hydrogen-bond acceptors (Lipinski definition) is 6. The van der Waals surface area contributed by atoms with Crippen molar-refractivity contribution in [3.63, 3.8) is 0 Å². The molecule has 0 aliphatic carbocycles. The summed E-state index contributed by atoms with van der Waals surface area (Å²) in [4.78, 5) is 15.7. The number of sulfonamides is 1. The van der Waals surface area contributed by atoms with Crippen molar-refractivity contribution >= 4 is 27.3 Å². The SMILES string of the molecule is CC(C(=O)NCCc1cccs1)N1CCN(S(=O)(=O)c2ccccc2C#N)CC1. The van der Waals surface area contributed by atoms with Gasteiger partial charge in [-0.3, -0.25) is 9.69 Å². The number of thiophene rings is 1. The van der Waals surface area contributed by atoms with E-state index in [2.05, 4.69) is 5.32 Å². The zero-order valence-corrected chi connectivity index (χ0v) is 17.9. The summed E-state index contributed by atoms with van der Waals surface area (Å²) in [6.07, 6.45) is 0.806. The Morgan fingerprint density at radius 3 is 2.59 bits per heavy atom. The summed E-state index contributed by atoms with van der Waals surface area (Å²) in [5, 5.41) is 14.2. The van der Waals surface area contributed by atoms with Crippen LogP contribution < -0.4 is 5.32 Å². The molecule has 1 atom stereocenters. The molecule has 1 aromatic carbocycles. The van der Waals surface area contributed by atoms with E-state index in [9.17, 15) is 18.5 Å². The summed E-state index contributed by atoms with van der Waals surface area (Å²) in [5.41, 5.74) is 0.147. The summed E-state index contributed by atoms with van der Waals surface area (Å²) in [6.45, 7) is 3.93. The predicted molar refractivity (Wildman–Crippen MR) is 112 cm³/mol. The number of hydrogen-bond donors (Lipinski definition) is 1. The molecule has 3 rings (SSSR count). The highest BCUT2D eigenvalue weighted by Gasteiger charge is 2.32. The van der Waals surface area contributed by atoms with E-state index in [0.29, 0.717) is 19.6 Å². The van der Waals surface area contributed by atoms with Crippen LogP contribution >= 0.6 is 11.3 Å². The Hall–Kier alpha value is -2.25. The summed E-state index contributed by atoms with van der Waals surface area (Å²) in [6, 6.07) is 11.9. The molecule has 1 aromatic heterocycles. The molecule has 1 unspecified atom stereocenters. The first-order valence-electron chi connectivity index (χ1n) is 9.47. The lowest BCUT2D eigenvalue weighted by molar-refractivity contribution is -0.126. The van der Waals surface area contributed by atoms with Gasteiger partial charge in [-0.1, -0.05) is 18.2 Å². The van der Waals surface area contributed by atoms with E-state index in [-0.39, 0.29) is 35.5 Å². The van der Waals surface area contributed by atoms with Gasteiger partial charge in [0, 0.05) is 37.6 Å². The summed E-state index contributed by atoms with van der Waals surface area (Å²) in [7, 11) is -3.73. The van der Waals surface area contributed by atoms with Gasteiger partial charge in [0.25, 0.3) is 0 Å². The van der Waals surface area contributed by atoms with Crippen LogP contribution in [0.2, 0.25) is 0 Å². The van der Waals surface area contributed by atoms with E-state index >= 15 is 0 Å². The molecule has 154 valence electrons. The van der Waals surface area contributed by atoms with Crippen molar-refractivity contribution < 1.29 is 13.2 Å². The minimum absolute atomic E-state index is 0.0373. The van der Waals surface area contributed by atoms with Gasteiger partial charge < -0.3 is 5.32 Å². The van der Waals surface area contributed by atoms with Gasteiger partial charge in [0.15, 0.2) is 0 Å². The standard InChI is InChI=1S/C20H24N4O3S2/c1-16(20(25)22-9-8-18-6-4-14-28-18)23-10-12-24(13-11-23)29(26,27)19-7-3-2-5-17(19)15-21/h2-7,14,16H,8-13H2,1H3,(H,22,25). The minimum atomic E-state index is -3.73. The average molecular weight is 433 g/mol. The van der Waals surface area contributed by atoms with E-state index < -0.39 is 10.0 Å². The van der Waals surface area contributed by atoms with Gasteiger partial charge in [0.1, 0.15) is 6.07 Å². The van der Waals surface area contributed by atoms with Crippen LogP contribution in [0.25, 0.3) is 0 Å². The van der Waals surface area contributed by atoms with Crippen molar-refractivity contribution in [1.29, 1.82) is 5.26 Å². The summed E-state index contributed by atoms with van der Waals surface area (Å²) in [5.74, 6) is -0.0484. The molecule has 1 fully saturated rings. The summed E-state index contributed by atoms with van der Waals surface area (Å²) < 4.78 is 27.2. The zero-order chi connectivity index (χ0) is 20.9. The third-order valence-corrected chi connectivity index (χ3v) is 7.97. The van der Waals surface area contributed by atoms with Crippen LogP contribution in [0.4, 0.5) is 0 Å². The Morgan fingerprint density at radius 1 is 1.21 bits per heavy atom. The van der Waals surface area contributed by atoms with Crippen LogP contribution in [0.3, 0.4) is 0 Å². The van der Waals surface area contributed by atoms with Crippen molar-refractivity contribution in [3.05, 3.63) is 52.2 Å². The van der Waals surface area contributed by atoms with Crippen LogP contribution in [0.15, 0.2) is 46.7 Å². The smallest absolute Gasteiger partial charge is 0.244 e. The van der Waals surface area contributed by atoms with Gasteiger partial charge in [-0.25, -0.2) is 8.42 Å². The van der Waals surface area contributed by atoms with E-state index in [4.69, 9.17) is 0 Å². The molecule has 1 aliphatic rings. The number of rotatable bonds is 7. The van der Waals surface area contributed by atoms with Gasteiger partial charge in [-0.2, -0.15) is 9.57 Å². The highest BCUT2D eigenvalue weighted by Crippen LogP contribution is 2.21. The van der Waals surface area contributed by atoms with E-state index in [1.54, 1.807) is 23.5 Å². The molecule has 1 aliphatic heterocycles. The fourth-order valence-corrected chi connectivity index (χ4v) is 5.60. The number of nitrogens with zero attached hydrogens (tertiary/aromatic N) is 3. The van der Waals surface area contributed by atoms with Crippen LogP contribution in [0.1, 0.15) is 17.4 Å². The number of carbonyl (C=O) groups excluding carboxylic acids is 1. The lowest BCUT2D eigenvalue weighted by atomic mass is 10.2. The molecule has 2 aromatic rings. The molecule has 1 N–H and O–H groups in total. The second-order valence-corrected chi connectivity index (χ2v) is 9.78. The molecule has 0 spiro atoms. The number of carbonyl (C=O) groups is 1. The number of benzene rings is 1. The number of amides is 1. The van der Waals surface area contributed by atoms with Crippen LogP contribution in [0, 0.1) is 11.3 Å². The summed E-state index contributed by atoms with van der Waals surface area (Å²) >= 11 is 1.67. The predicted octanol–water partition coefficient (Wildman–Crippen LogP) is 1.67. The highest BCUT2D eigenvalue weighted by molar-refractivity contribution is 7.89. The Bertz CT molecular complexity index is 975. The fraction of sp³-hybridized carbons (Fsp3) is 0.400. The molecule has 7 nitrogen and oxygen atoms in total. The average Bonchev–Trinajstić information content (AvgIpc) is 3.26. The Morgan fingerprint density at radius 2 is 1.93 bits per heavy atom. The number of piperazine rings is 1. The molecule has 0 radical (unpaired) electrons. The van der Waals surface area contributed by atoms with Crippen molar-refractivity contribution in [1.82, 2.24) is 14.5 Å². The molecule has 1 saturated heterocycles. The van der Waals surface area contributed by atoms with Crippen LogP contribution in [0.5, 0.6) is 0 Å². The Kier molecular flexibility index (Phi) is 7.03. The quantitative estimate of drug-likeness (QED) is 0.718. The van der Waals surface area contributed by atoms with Gasteiger partial charge in [0.05, 0.1) is 16.5 Å². The van der Waals surface area contributed by atoms with Gasteiger partial charge in [-0.05, 0) is 36.9 Å². The maximum absolute atomic E-state index is 12.9. The second-order valence-electron chi connectivity index (χ2n) is 6.84. The van der Waals surface area contributed by atoms with E-state index in [1.807, 2.05) is 35.4 Å². The molecular formula is C20H24N4O3S2. The van der Waals surface area contributed by atoms with Crippen LogP contribution in [-0.4, -0.2) is 62.3 Å². The maximum Gasteiger partial charge on any atom is 0.244 e. The van der Waals surface area contributed by atoms with E-state index in [1.165, 1.54) is 21.3 Å². The first-order chi connectivity index (χ1) is 13.9. The second kappa shape index (κ2) is 9.50. The molecule has 0 saturated carbocycles. The normalized spacial score (nSPS) is 16.8. The largest absolute Gasteiger partial charge is 0.354 e. The fourth-order valence-electron chi connectivity index (χ4n) is 3.33. The first-order valence-corrected chi connectivity index (χ1v) is 11.8. The molecule has 0 bridgehead atoms. The topological polar surface area (TPSA) is 93.5 Å². The van der Waals surface area contributed by atoms with Gasteiger partial charge >= 0.3 is 0 Å². The lowest BCUT2D eigenvalue weighted by Crippen LogP contribution is -2.55. The maximum atomic E-state index is 12.9. The molecular weight excluding hydrogens is 408 g/mol. The van der Waals surface area contributed by atoms with Gasteiger partial charge in [0.2, 0.25) is 15.9 Å². The van der Waals surface area contributed by atoms with Crippen molar-refractivity contribution in [3.8, 4) is 6.07 Å². The zero-order valence-electron chi connectivity index (χ0n) is 16.2. The third-order valence-electron chi connectivity index (χ3n) is 5.08.